The Hall–Kier alpha value is -2.90. The lowest BCUT2D eigenvalue weighted by molar-refractivity contribution is -0.127. The number of nitrogen functional groups attached to an aromatic ring is 1. The van der Waals surface area contributed by atoms with Crippen LogP contribution < -0.4 is 11.1 Å². The summed E-state index contributed by atoms with van der Waals surface area (Å²) in [5.41, 5.74) is 7.81. The summed E-state index contributed by atoms with van der Waals surface area (Å²) in [4.78, 5) is 49.4. The summed E-state index contributed by atoms with van der Waals surface area (Å²) in [5, 5.41) is 2.28. The number of rotatable bonds is 5. The Morgan fingerprint density at radius 2 is 1.66 bits per heavy atom. The number of likely N-dealkylation sites (N-methyl/N-ethyl adjacent to an activating group) is 2. The lowest BCUT2D eigenvalue weighted by atomic mass is 9.84. The molecule has 1 aromatic rings. The van der Waals surface area contributed by atoms with Crippen molar-refractivity contribution in [1.29, 1.82) is 0 Å². The Morgan fingerprint density at radius 3 is 2.25 bits per heavy atom. The highest BCUT2D eigenvalue weighted by Crippen LogP contribution is 2.30. The van der Waals surface area contributed by atoms with Crippen molar-refractivity contribution in [2.75, 3.05) is 19.8 Å². The topological polar surface area (TPSA) is 113 Å². The molecular formula is C24H34N4O4. The van der Waals surface area contributed by atoms with E-state index in [1.165, 1.54) is 37.0 Å². The number of anilines is 1. The molecule has 8 heteroatoms. The summed E-state index contributed by atoms with van der Waals surface area (Å²) in [6.45, 7) is 2.09. The van der Waals surface area contributed by atoms with Gasteiger partial charge >= 0.3 is 6.03 Å². The molecule has 1 unspecified atom stereocenters. The predicted molar refractivity (Wildman–Crippen MR) is 122 cm³/mol. The van der Waals surface area contributed by atoms with Crippen molar-refractivity contribution >= 4 is 29.4 Å². The highest BCUT2D eigenvalue weighted by atomic mass is 16.2. The second kappa shape index (κ2) is 10.1. The number of benzene rings is 1. The molecule has 5 amide bonds. The maximum absolute atomic E-state index is 11.9. The van der Waals surface area contributed by atoms with Gasteiger partial charge < -0.3 is 10.6 Å². The first-order valence-electron chi connectivity index (χ1n) is 11.6. The van der Waals surface area contributed by atoms with E-state index in [2.05, 4.69) is 12.2 Å². The Labute approximate surface area is 189 Å². The van der Waals surface area contributed by atoms with Crippen LogP contribution in [0.2, 0.25) is 0 Å². The Morgan fingerprint density at radius 1 is 1.00 bits per heavy atom. The molecule has 0 spiro atoms. The van der Waals surface area contributed by atoms with Crippen LogP contribution in [-0.2, 0) is 11.2 Å². The van der Waals surface area contributed by atoms with E-state index in [1.807, 2.05) is 6.07 Å². The van der Waals surface area contributed by atoms with Crippen molar-refractivity contribution in [3.8, 4) is 0 Å². The summed E-state index contributed by atoms with van der Waals surface area (Å²) < 4.78 is 0. The number of hydrogen-bond donors (Lipinski definition) is 2. The fourth-order valence-corrected chi connectivity index (χ4v) is 4.82. The van der Waals surface area contributed by atoms with Gasteiger partial charge in [-0.2, -0.15) is 0 Å². The minimum absolute atomic E-state index is 0.0296. The zero-order valence-electron chi connectivity index (χ0n) is 19.3. The van der Waals surface area contributed by atoms with Crippen LogP contribution in [0.4, 0.5) is 10.5 Å². The van der Waals surface area contributed by atoms with Crippen LogP contribution in [0, 0.1) is 5.92 Å². The molecule has 3 N–H and O–H groups in total. The number of nitrogens with one attached hydrogen (secondary N) is 1. The van der Waals surface area contributed by atoms with Crippen molar-refractivity contribution in [2.45, 2.75) is 70.8 Å². The molecule has 4 rings (SSSR count). The maximum Gasteiger partial charge on any atom is 0.326 e. The van der Waals surface area contributed by atoms with Crippen molar-refractivity contribution in [3.63, 3.8) is 0 Å². The van der Waals surface area contributed by atoms with Crippen LogP contribution in [0.5, 0.6) is 0 Å². The van der Waals surface area contributed by atoms with Gasteiger partial charge in [0.25, 0.3) is 17.7 Å². The molecule has 1 saturated carbocycles. The minimum atomic E-state index is -0.379. The van der Waals surface area contributed by atoms with Crippen LogP contribution in [-0.4, -0.2) is 53.7 Å². The highest BCUT2D eigenvalue weighted by molar-refractivity contribution is 6.24. The molecule has 2 aliphatic heterocycles. The normalized spacial score (nSPS) is 20.9. The molecule has 1 saturated heterocycles. The van der Waals surface area contributed by atoms with E-state index in [1.54, 1.807) is 25.1 Å². The number of fused-ring (bicyclic) bond motifs is 1. The number of urea groups is 1. The van der Waals surface area contributed by atoms with E-state index in [-0.39, 0.29) is 29.8 Å². The average Bonchev–Trinajstić information content (AvgIpc) is 3.19. The van der Waals surface area contributed by atoms with Gasteiger partial charge in [-0.25, -0.2) is 4.79 Å². The highest BCUT2D eigenvalue weighted by Gasteiger charge is 2.41. The molecule has 1 aliphatic carbocycles. The molecule has 1 atom stereocenters. The van der Waals surface area contributed by atoms with Gasteiger partial charge in [0.05, 0.1) is 11.1 Å². The summed E-state index contributed by atoms with van der Waals surface area (Å²) in [6.07, 6.45) is 10.0. The quantitative estimate of drug-likeness (QED) is 0.412. The molecule has 3 aliphatic rings. The number of nitrogens with two attached hydrogens (primary N) is 1. The van der Waals surface area contributed by atoms with E-state index in [4.69, 9.17) is 5.73 Å². The number of unbranched alkanes of at least 4 members (excludes halogenated alkanes) is 1. The monoisotopic (exact) mass is 442 g/mol. The fraction of sp³-hybridized carbons (Fsp3) is 0.583. The number of amides is 5. The van der Waals surface area contributed by atoms with E-state index < -0.39 is 0 Å². The lowest BCUT2D eigenvalue weighted by Crippen LogP contribution is -2.33. The summed E-state index contributed by atoms with van der Waals surface area (Å²) in [5.74, 6) is -0.100. The van der Waals surface area contributed by atoms with Gasteiger partial charge in [-0.3, -0.25) is 24.6 Å². The third-order valence-corrected chi connectivity index (χ3v) is 6.76. The average molecular weight is 443 g/mol. The first-order valence-corrected chi connectivity index (χ1v) is 11.6. The number of hydrogen-bond acceptors (Lipinski definition) is 5. The Kier molecular flexibility index (Phi) is 7.53. The summed E-state index contributed by atoms with van der Waals surface area (Å²) in [7, 11) is 3.30. The predicted octanol–water partition coefficient (Wildman–Crippen LogP) is 3.34. The number of carbonyl (C=O) groups is 4. The van der Waals surface area contributed by atoms with Gasteiger partial charge in [0.15, 0.2) is 0 Å². The zero-order valence-corrected chi connectivity index (χ0v) is 19.3. The van der Waals surface area contributed by atoms with E-state index >= 15 is 0 Å². The smallest absolute Gasteiger partial charge is 0.326 e. The van der Waals surface area contributed by atoms with Crippen LogP contribution in [0.15, 0.2) is 12.1 Å². The first kappa shape index (κ1) is 23.8. The number of carbonyl (C=O) groups excluding carboxylic acids is 4. The minimum Gasteiger partial charge on any atom is -0.398 e. The van der Waals surface area contributed by atoms with Gasteiger partial charge in [-0.05, 0) is 36.8 Å². The second-order valence-electron chi connectivity index (χ2n) is 9.00. The molecule has 8 nitrogen and oxygen atoms in total. The number of nitrogens with zero attached hydrogens (tertiary/aromatic N) is 2. The molecule has 174 valence electrons. The van der Waals surface area contributed by atoms with Crippen LogP contribution in [0.3, 0.4) is 0 Å². The molecule has 0 bridgehead atoms. The van der Waals surface area contributed by atoms with Gasteiger partial charge in [0, 0.05) is 19.8 Å². The molecule has 0 radical (unpaired) electrons. The van der Waals surface area contributed by atoms with Crippen LogP contribution >= 0.6 is 0 Å². The third kappa shape index (κ3) is 4.79. The maximum atomic E-state index is 11.9. The lowest BCUT2D eigenvalue weighted by Gasteiger charge is -2.25. The van der Waals surface area contributed by atoms with E-state index in [0.717, 1.165) is 31.2 Å². The zero-order chi connectivity index (χ0) is 23.4. The van der Waals surface area contributed by atoms with Gasteiger partial charge in [0.2, 0.25) is 0 Å². The van der Waals surface area contributed by atoms with Gasteiger partial charge in [-0.15, -0.1) is 0 Å². The van der Waals surface area contributed by atoms with Crippen molar-refractivity contribution < 1.29 is 19.2 Å². The standard InChI is InChI=1S/C12H20N2O2.C12H14N2O2/c1-13-10(11(15)14(2)12(13)16)8-9-6-4-3-5-7-9;1-2-3-4-7-5-6-8(13)10-9(7)11(15)14-12(10)16/h9-10H,3-8H2,1-2H3;5-6H,2-4,13H2,1H3,(H,14,15,16). The number of imide groups is 2. The second-order valence-corrected chi connectivity index (χ2v) is 9.00. The molecule has 2 heterocycles. The first-order chi connectivity index (χ1) is 15.3. The number of aryl methyl sites for hydroxylation is 1. The van der Waals surface area contributed by atoms with Crippen molar-refractivity contribution in [1.82, 2.24) is 15.1 Å². The largest absolute Gasteiger partial charge is 0.398 e. The van der Waals surface area contributed by atoms with Crippen LogP contribution in [0.25, 0.3) is 0 Å². The van der Waals surface area contributed by atoms with Crippen molar-refractivity contribution in [3.05, 3.63) is 28.8 Å². The Bertz CT molecular complexity index is 908. The van der Waals surface area contributed by atoms with Gasteiger partial charge in [0.1, 0.15) is 6.04 Å². The summed E-state index contributed by atoms with van der Waals surface area (Å²) in [6, 6.07) is 3.16. The van der Waals surface area contributed by atoms with Gasteiger partial charge in [-0.1, -0.05) is 51.5 Å². The SMILES string of the molecule is CCCCc1ccc(N)c2c1C(=O)NC2=O.CN1C(=O)C(CC2CCCCC2)N(C)C1=O. The molecular weight excluding hydrogens is 408 g/mol. The summed E-state index contributed by atoms with van der Waals surface area (Å²) >= 11 is 0. The molecule has 2 fully saturated rings. The fourth-order valence-electron chi connectivity index (χ4n) is 4.82. The molecule has 1 aromatic carbocycles. The van der Waals surface area contributed by atoms with E-state index in [0.29, 0.717) is 22.7 Å². The van der Waals surface area contributed by atoms with Crippen molar-refractivity contribution in [2.24, 2.45) is 5.92 Å². The van der Waals surface area contributed by atoms with Crippen LogP contribution in [0.1, 0.15) is 84.6 Å². The third-order valence-electron chi connectivity index (χ3n) is 6.76. The Balaban J connectivity index is 0.000000181. The molecule has 0 aromatic heterocycles. The molecule has 32 heavy (non-hydrogen) atoms. The van der Waals surface area contributed by atoms with E-state index in [9.17, 15) is 19.2 Å².